The highest BCUT2D eigenvalue weighted by Crippen LogP contribution is 2.19. The Kier molecular flexibility index (Phi) is 8.53. The zero-order valence-electron chi connectivity index (χ0n) is 13.9. The SMILES string of the molecule is COCCCCC(CNC(C)(C)C)Cc1cccc(Br)c1. The lowest BCUT2D eigenvalue weighted by molar-refractivity contribution is 0.189. The Morgan fingerprint density at radius 1 is 1.24 bits per heavy atom. The minimum absolute atomic E-state index is 0.183. The van der Waals surface area contributed by atoms with Crippen LogP contribution >= 0.6 is 15.9 Å². The average molecular weight is 356 g/mol. The minimum atomic E-state index is 0.183. The monoisotopic (exact) mass is 355 g/mol. The van der Waals surface area contributed by atoms with E-state index < -0.39 is 0 Å². The summed E-state index contributed by atoms with van der Waals surface area (Å²) in [5, 5.41) is 3.65. The number of hydrogen-bond donors (Lipinski definition) is 1. The lowest BCUT2D eigenvalue weighted by Gasteiger charge is -2.25. The van der Waals surface area contributed by atoms with E-state index in [1.54, 1.807) is 7.11 Å². The molecule has 0 saturated carbocycles. The third-order valence-electron chi connectivity index (χ3n) is 3.55. The fourth-order valence-electron chi connectivity index (χ4n) is 2.40. The molecule has 21 heavy (non-hydrogen) atoms. The number of halogens is 1. The second kappa shape index (κ2) is 9.60. The van der Waals surface area contributed by atoms with Crippen LogP contribution in [-0.2, 0) is 11.2 Å². The van der Waals surface area contributed by atoms with E-state index in [1.807, 2.05) is 0 Å². The summed E-state index contributed by atoms with van der Waals surface area (Å²) in [6.45, 7) is 8.63. The van der Waals surface area contributed by atoms with Crippen LogP contribution in [0.2, 0.25) is 0 Å². The Balaban J connectivity index is 2.53. The molecular weight excluding hydrogens is 326 g/mol. The maximum absolute atomic E-state index is 5.15. The van der Waals surface area contributed by atoms with Crippen molar-refractivity contribution in [3.63, 3.8) is 0 Å². The molecule has 120 valence electrons. The molecule has 0 aliphatic carbocycles. The molecule has 0 bridgehead atoms. The summed E-state index contributed by atoms with van der Waals surface area (Å²) in [4.78, 5) is 0. The first-order valence-corrected chi connectivity index (χ1v) is 8.68. The van der Waals surface area contributed by atoms with E-state index in [9.17, 15) is 0 Å². The summed E-state index contributed by atoms with van der Waals surface area (Å²) in [5.41, 5.74) is 1.60. The van der Waals surface area contributed by atoms with E-state index in [0.717, 1.165) is 26.0 Å². The molecule has 1 atom stereocenters. The molecule has 0 heterocycles. The number of unbranched alkanes of at least 4 members (excludes halogenated alkanes) is 1. The van der Waals surface area contributed by atoms with Crippen molar-refractivity contribution in [1.82, 2.24) is 5.32 Å². The van der Waals surface area contributed by atoms with Crippen molar-refractivity contribution in [2.75, 3.05) is 20.3 Å². The topological polar surface area (TPSA) is 21.3 Å². The lowest BCUT2D eigenvalue weighted by atomic mass is 9.93. The van der Waals surface area contributed by atoms with Gasteiger partial charge in [-0.25, -0.2) is 0 Å². The second-order valence-electron chi connectivity index (χ2n) is 6.82. The van der Waals surface area contributed by atoms with Crippen molar-refractivity contribution in [1.29, 1.82) is 0 Å². The highest BCUT2D eigenvalue weighted by atomic mass is 79.9. The summed E-state index contributed by atoms with van der Waals surface area (Å²) in [6, 6.07) is 8.67. The van der Waals surface area contributed by atoms with Gasteiger partial charge in [-0.2, -0.15) is 0 Å². The zero-order chi connectivity index (χ0) is 15.7. The normalized spacial score (nSPS) is 13.4. The van der Waals surface area contributed by atoms with E-state index in [-0.39, 0.29) is 5.54 Å². The van der Waals surface area contributed by atoms with E-state index in [2.05, 4.69) is 66.3 Å². The molecule has 1 aromatic carbocycles. The van der Waals surface area contributed by atoms with Crippen molar-refractivity contribution >= 4 is 15.9 Å². The van der Waals surface area contributed by atoms with Crippen molar-refractivity contribution in [3.05, 3.63) is 34.3 Å². The predicted molar refractivity (Wildman–Crippen MR) is 94.8 cm³/mol. The number of methoxy groups -OCH3 is 1. The van der Waals surface area contributed by atoms with Gasteiger partial charge in [-0.05, 0) is 70.2 Å². The summed E-state index contributed by atoms with van der Waals surface area (Å²) < 4.78 is 6.32. The maximum atomic E-state index is 5.15. The van der Waals surface area contributed by atoms with Gasteiger partial charge >= 0.3 is 0 Å². The Hall–Kier alpha value is -0.380. The minimum Gasteiger partial charge on any atom is -0.385 e. The van der Waals surface area contributed by atoms with Gasteiger partial charge in [0.25, 0.3) is 0 Å². The molecule has 2 nitrogen and oxygen atoms in total. The van der Waals surface area contributed by atoms with Gasteiger partial charge in [0.1, 0.15) is 0 Å². The molecule has 1 N–H and O–H groups in total. The molecule has 1 unspecified atom stereocenters. The Morgan fingerprint density at radius 3 is 2.62 bits per heavy atom. The summed E-state index contributed by atoms with van der Waals surface area (Å²) >= 11 is 3.56. The van der Waals surface area contributed by atoms with E-state index in [1.165, 1.54) is 22.9 Å². The van der Waals surface area contributed by atoms with Gasteiger partial charge in [0.05, 0.1) is 0 Å². The average Bonchev–Trinajstić information content (AvgIpc) is 2.40. The molecule has 0 saturated heterocycles. The number of nitrogens with one attached hydrogen (secondary N) is 1. The molecule has 3 heteroatoms. The zero-order valence-corrected chi connectivity index (χ0v) is 15.5. The van der Waals surface area contributed by atoms with Crippen LogP contribution in [0.3, 0.4) is 0 Å². The molecule has 0 spiro atoms. The molecule has 0 aromatic heterocycles. The van der Waals surface area contributed by atoms with Crippen molar-refractivity contribution in [2.45, 2.75) is 52.0 Å². The lowest BCUT2D eigenvalue weighted by Crippen LogP contribution is -2.39. The van der Waals surface area contributed by atoms with E-state index >= 15 is 0 Å². The van der Waals surface area contributed by atoms with Crippen LogP contribution in [0.25, 0.3) is 0 Å². The fraction of sp³-hybridized carbons (Fsp3) is 0.667. The first-order valence-electron chi connectivity index (χ1n) is 7.89. The van der Waals surface area contributed by atoms with Gasteiger partial charge in [-0.3, -0.25) is 0 Å². The third kappa shape index (κ3) is 9.28. The largest absolute Gasteiger partial charge is 0.385 e. The highest BCUT2D eigenvalue weighted by Gasteiger charge is 2.15. The standard InChI is InChI=1S/C18H30BrNO/c1-18(2,3)20-14-16(8-5-6-11-21-4)12-15-9-7-10-17(19)13-15/h7,9-10,13,16,20H,5-6,8,11-12,14H2,1-4H3. The molecule has 0 amide bonds. The third-order valence-corrected chi connectivity index (χ3v) is 4.04. The summed E-state index contributed by atoms with van der Waals surface area (Å²) in [5.74, 6) is 0.676. The number of benzene rings is 1. The molecule has 0 aliphatic rings. The van der Waals surface area contributed by atoms with Crippen LogP contribution in [0.15, 0.2) is 28.7 Å². The molecule has 0 radical (unpaired) electrons. The highest BCUT2D eigenvalue weighted by molar-refractivity contribution is 9.10. The van der Waals surface area contributed by atoms with Gasteiger partial charge in [-0.1, -0.05) is 34.5 Å². The van der Waals surface area contributed by atoms with Crippen molar-refractivity contribution < 1.29 is 4.74 Å². The van der Waals surface area contributed by atoms with Gasteiger partial charge in [0.15, 0.2) is 0 Å². The molecule has 1 rings (SSSR count). The Morgan fingerprint density at radius 2 is 2.00 bits per heavy atom. The first-order chi connectivity index (χ1) is 9.90. The van der Waals surface area contributed by atoms with Crippen LogP contribution in [0.5, 0.6) is 0 Å². The van der Waals surface area contributed by atoms with Gasteiger partial charge in [-0.15, -0.1) is 0 Å². The van der Waals surface area contributed by atoms with Gasteiger partial charge in [0, 0.05) is 23.7 Å². The smallest absolute Gasteiger partial charge is 0.0462 e. The van der Waals surface area contributed by atoms with E-state index in [4.69, 9.17) is 4.74 Å². The summed E-state index contributed by atoms with van der Waals surface area (Å²) in [7, 11) is 1.78. The first kappa shape index (κ1) is 18.7. The summed E-state index contributed by atoms with van der Waals surface area (Å²) in [6.07, 6.45) is 4.77. The van der Waals surface area contributed by atoms with Gasteiger partial charge < -0.3 is 10.1 Å². The number of hydrogen-bond acceptors (Lipinski definition) is 2. The molecule has 0 fully saturated rings. The molecular formula is C18H30BrNO. The Labute approximate surface area is 138 Å². The van der Waals surface area contributed by atoms with Crippen LogP contribution in [-0.4, -0.2) is 25.8 Å². The number of ether oxygens (including phenoxy) is 1. The maximum Gasteiger partial charge on any atom is 0.0462 e. The van der Waals surface area contributed by atoms with Crippen LogP contribution < -0.4 is 5.32 Å². The fourth-order valence-corrected chi connectivity index (χ4v) is 2.85. The Bertz CT molecular complexity index is 400. The molecule has 0 aliphatic heterocycles. The van der Waals surface area contributed by atoms with Crippen LogP contribution in [0.4, 0.5) is 0 Å². The number of rotatable bonds is 9. The molecule has 1 aromatic rings. The van der Waals surface area contributed by atoms with Crippen molar-refractivity contribution in [2.24, 2.45) is 5.92 Å². The van der Waals surface area contributed by atoms with Gasteiger partial charge in [0.2, 0.25) is 0 Å². The van der Waals surface area contributed by atoms with Crippen molar-refractivity contribution in [3.8, 4) is 0 Å². The van der Waals surface area contributed by atoms with Crippen LogP contribution in [0.1, 0.15) is 45.6 Å². The second-order valence-corrected chi connectivity index (χ2v) is 7.74. The predicted octanol–water partition coefficient (Wildman–Crippen LogP) is 4.81. The van der Waals surface area contributed by atoms with E-state index in [0.29, 0.717) is 5.92 Å². The van der Waals surface area contributed by atoms with Crippen LogP contribution in [0, 0.1) is 5.92 Å². The quantitative estimate of drug-likeness (QED) is 0.641.